The summed E-state index contributed by atoms with van der Waals surface area (Å²) in [4.78, 5) is 13.1. The van der Waals surface area contributed by atoms with Crippen molar-refractivity contribution in [2.45, 2.75) is 19.6 Å². The monoisotopic (exact) mass is 454 g/mol. The van der Waals surface area contributed by atoms with Crippen LogP contribution in [-0.2, 0) is 13.6 Å². The average molecular weight is 454 g/mol. The van der Waals surface area contributed by atoms with Crippen LogP contribution in [0.2, 0.25) is 0 Å². The Bertz CT molecular complexity index is 1140. The van der Waals surface area contributed by atoms with Crippen LogP contribution in [0, 0.1) is 0 Å². The van der Waals surface area contributed by atoms with Crippen LogP contribution in [0.1, 0.15) is 25.2 Å². The zero-order chi connectivity index (χ0) is 21.7. The third-order valence-electron chi connectivity index (χ3n) is 4.53. The van der Waals surface area contributed by atoms with Gasteiger partial charge in [0.05, 0.1) is 23.4 Å². The summed E-state index contributed by atoms with van der Waals surface area (Å²) in [6.45, 7) is 4.10. The Morgan fingerprint density at radius 2 is 1.65 bits per heavy atom. The van der Waals surface area contributed by atoms with Gasteiger partial charge in [-0.15, -0.1) is 11.3 Å². The first-order valence-electron chi connectivity index (χ1n) is 10.0. The molecule has 0 aliphatic rings. The number of nitrogens with zero attached hydrogens (tertiary/aromatic N) is 3. The topological polar surface area (TPSA) is 86.2 Å². The van der Waals surface area contributed by atoms with Crippen LogP contribution in [0.5, 0.6) is 0 Å². The Labute approximate surface area is 185 Å². The first-order valence-corrected chi connectivity index (χ1v) is 12.4. The number of anilines is 1. The molecular weight excluding hydrogens is 431 g/mol. The molecule has 7 nitrogen and oxygen atoms in total. The summed E-state index contributed by atoms with van der Waals surface area (Å²) in [5, 5.41) is 4.07. The lowest BCUT2D eigenvalue weighted by Crippen LogP contribution is -2.16. The molecule has 1 unspecified atom stereocenters. The highest BCUT2D eigenvalue weighted by Crippen LogP contribution is 2.60. The third-order valence-corrected chi connectivity index (χ3v) is 7.91. The maximum absolute atomic E-state index is 13.6. The quantitative estimate of drug-likeness (QED) is 0.304. The molecule has 1 N–H and O–H groups in total. The number of hydrogen-bond acceptors (Lipinski definition) is 8. The Balaban J connectivity index is 1.69. The van der Waals surface area contributed by atoms with Gasteiger partial charge in [-0.25, -0.2) is 15.0 Å². The number of hydrogen-bond donors (Lipinski definition) is 1. The van der Waals surface area contributed by atoms with Gasteiger partial charge in [0.2, 0.25) is 5.95 Å². The van der Waals surface area contributed by atoms with E-state index in [9.17, 15) is 4.57 Å². The molecule has 0 fully saturated rings. The van der Waals surface area contributed by atoms with Gasteiger partial charge in [-0.2, -0.15) is 0 Å². The van der Waals surface area contributed by atoms with Crippen molar-refractivity contribution in [1.29, 1.82) is 0 Å². The van der Waals surface area contributed by atoms with Gasteiger partial charge in [-0.3, -0.25) is 4.57 Å². The van der Waals surface area contributed by atoms with Gasteiger partial charge in [-0.1, -0.05) is 36.4 Å². The van der Waals surface area contributed by atoms with Crippen LogP contribution in [0.3, 0.4) is 0 Å². The lowest BCUT2D eigenvalue weighted by Gasteiger charge is -2.27. The Hall–Kier alpha value is -2.64. The van der Waals surface area contributed by atoms with Crippen LogP contribution in [0.25, 0.3) is 20.8 Å². The molecule has 0 bridgehead atoms. The van der Waals surface area contributed by atoms with Crippen molar-refractivity contribution in [2.75, 3.05) is 18.5 Å². The number of fused-ring (bicyclic) bond motifs is 1. The standard InChI is InChI=1S/C22H23N4O3PS/c1-3-28-30(27,29-4-2)20(26-22-23-14-7-15-24-22)16-10-12-17(13-11-16)21-25-18-8-5-6-9-19(18)31-21/h5-15,20H,3-4H2,1-2H3,(H,23,24,26). The minimum absolute atomic E-state index is 0.259. The predicted molar refractivity (Wildman–Crippen MR) is 124 cm³/mol. The van der Waals surface area contributed by atoms with Crippen molar-refractivity contribution in [3.8, 4) is 10.6 Å². The van der Waals surface area contributed by atoms with Gasteiger partial charge in [-0.05, 0) is 37.6 Å². The Kier molecular flexibility index (Phi) is 6.73. The largest absolute Gasteiger partial charge is 0.357 e. The summed E-state index contributed by atoms with van der Waals surface area (Å²) < 4.78 is 26.0. The van der Waals surface area contributed by atoms with E-state index in [1.54, 1.807) is 43.6 Å². The molecule has 0 saturated heterocycles. The number of thiazole rings is 1. The van der Waals surface area contributed by atoms with Crippen molar-refractivity contribution < 1.29 is 13.6 Å². The Morgan fingerprint density at radius 3 is 2.29 bits per heavy atom. The molecule has 31 heavy (non-hydrogen) atoms. The van der Waals surface area contributed by atoms with E-state index < -0.39 is 13.4 Å². The molecule has 0 amide bonds. The van der Waals surface area contributed by atoms with E-state index in [2.05, 4.69) is 21.4 Å². The number of benzene rings is 2. The van der Waals surface area contributed by atoms with Gasteiger partial charge in [0.25, 0.3) is 0 Å². The highest BCUT2D eigenvalue weighted by molar-refractivity contribution is 7.54. The second-order valence-electron chi connectivity index (χ2n) is 6.60. The number of aromatic nitrogens is 3. The van der Waals surface area contributed by atoms with E-state index in [1.165, 1.54) is 0 Å². The molecule has 0 radical (unpaired) electrons. The normalized spacial score (nSPS) is 12.7. The third kappa shape index (κ3) is 4.83. The summed E-state index contributed by atoms with van der Waals surface area (Å²) >= 11 is 1.64. The molecule has 4 rings (SSSR count). The van der Waals surface area contributed by atoms with Gasteiger partial charge in [0.1, 0.15) is 5.01 Å². The van der Waals surface area contributed by atoms with Gasteiger partial charge < -0.3 is 14.4 Å². The molecular formula is C22H23N4O3PS. The molecule has 0 aliphatic carbocycles. The molecule has 9 heteroatoms. The number of para-hydroxylation sites is 1. The fraction of sp³-hybridized carbons (Fsp3) is 0.227. The molecule has 0 saturated carbocycles. The molecule has 1 atom stereocenters. The molecule has 4 aromatic rings. The fourth-order valence-electron chi connectivity index (χ4n) is 3.19. The van der Waals surface area contributed by atoms with Crippen LogP contribution in [0.15, 0.2) is 67.0 Å². The zero-order valence-corrected chi connectivity index (χ0v) is 19.0. The molecule has 0 aliphatic heterocycles. The SMILES string of the molecule is CCOP(=O)(OCC)C(Nc1ncccn1)c1ccc(-c2nc3ccccc3s2)cc1. The summed E-state index contributed by atoms with van der Waals surface area (Å²) in [7, 11) is -3.53. The second kappa shape index (κ2) is 9.66. The van der Waals surface area contributed by atoms with E-state index in [-0.39, 0.29) is 13.2 Å². The molecule has 160 valence electrons. The smallest absolute Gasteiger partial charge is 0.336 e. The first-order chi connectivity index (χ1) is 15.1. The molecule has 2 heterocycles. The summed E-state index contributed by atoms with van der Waals surface area (Å²) in [6.07, 6.45) is 3.24. The molecule has 0 spiro atoms. The van der Waals surface area contributed by atoms with E-state index in [4.69, 9.17) is 14.0 Å². The minimum Gasteiger partial charge on any atom is -0.336 e. The predicted octanol–water partition coefficient (Wildman–Crippen LogP) is 6.13. The molecule has 2 aromatic heterocycles. The van der Waals surface area contributed by atoms with Crippen LogP contribution >= 0.6 is 18.9 Å². The van der Waals surface area contributed by atoms with E-state index in [0.717, 1.165) is 26.4 Å². The Morgan fingerprint density at radius 1 is 0.968 bits per heavy atom. The highest BCUT2D eigenvalue weighted by Gasteiger charge is 2.37. The lowest BCUT2D eigenvalue weighted by molar-refractivity contribution is 0.214. The maximum atomic E-state index is 13.6. The first kappa shape index (κ1) is 21.6. The van der Waals surface area contributed by atoms with Gasteiger partial charge in [0, 0.05) is 18.0 Å². The van der Waals surface area contributed by atoms with Crippen LogP contribution in [0.4, 0.5) is 5.95 Å². The van der Waals surface area contributed by atoms with Crippen molar-refractivity contribution in [3.63, 3.8) is 0 Å². The zero-order valence-electron chi connectivity index (χ0n) is 17.3. The van der Waals surface area contributed by atoms with Crippen molar-refractivity contribution >= 4 is 35.1 Å². The lowest BCUT2D eigenvalue weighted by atomic mass is 10.1. The van der Waals surface area contributed by atoms with Crippen molar-refractivity contribution in [2.24, 2.45) is 0 Å². The number of rotatable bonds is 9. The van der Waals surface area contributed by atoms with Crippen molar-refractivity contribution in [3.05, 3.63) is 72.6 Å². The fourth-order valence-corrected chi connectivity index (χ4v) is 6.07. The average Bonchev–Trinajstić information content (AvgIpc) is 3.23. The summed E-state index contributed by atoms with van der Waals surface area (Å²) in [6, 6.07) is 17.5. The van der Waals surface area contributed by atoms with E-state index in [1.807, 2.05) is 42.5 Å². The highest BCUT2D eigenvalue weighted by atomic mass is 32.1. The van der Waals surface area contributed by atoms with Gasteiger partial charge >= 0.3 is 7.60 Å². The minimum atomic E-state index is -3.53. The maximum Gasteiger partial charge on any atom is 0.357 e. The number of nitrogens with one attached hydrogen (secondary N) is 1. The van der Waals surface area contributed by atoms with Gasteiger partial charge in [0.15, 0.2) is 5.78 Å². The van der Waals surface area contributed by atoms with E-state index >= 15 is 0 Å². The second-order valence-corrected chi connectivity index (χ2v) is 9.75. The molecule has 2 aromatic carbocycles. The summed E-state index contributed by atoms with van der Waals surface area (Å²) in [5.74, 6) is -0.401. The van der Waals surface area contributed by atoms with Crippen LogP contribution in [-0.4, -0.2) is 28.2 Å². The van der Waals surface area contributed by atoms with Crippen molar-refractivity contribution in [1.82, 2.24) is 15.0 Å². The van der Waals surface area contributed by atoms with E-state index in [0.29, 0.717) is 5.95 Å². The van der Waals surface area contributed by atoms with Crippen LogP contribution < -0.4 is 5.32 Å². The summed E-state index contributed by atoms with van der Waals surface area (Å²) in [5.41, 5.74) is 2.72.